The summed E-state index contributed by atoms with van der Waals surface area (Å²) in [5.74, 6) is 1.27. The molecule has 9 heteroatoms. The fourth-order valence-corrected chi connectivity index (χ4v) is 3.14. The molecule has 2 N–H and O–H groups in total. The molecule has 3 rings (SSSR count). The number of aromatic nitrogens is 3. The predicted octanol–water partition coefficient (Wildman–Crippen LogP) is 3.47. The van der Waals surface area contributed by atoms with E-state index in [0.29, 0.717) is 28.0 Å². The summed E-state index contributed by atoms with van der Waals surface area (Å²) in [6.07, 6.45) is 1.68. The normalized spacial score (nSPS) is 10.7. The fraction of sp³-hybridized carbons (Fsp3) is 0.188. The van der Waals surface area contributed by atoms with Gasteiger partial charge in [-0.2, -0.15) is 0 Å². The smallest absolute Gasteiger partial charge is 0.234 e. The van der Waals surface area contributed by atoms with Crippen LogP contribution in [-0.2, 0) is 4.79 Å². The number of thioether (sulfide) groups is 1. The van der Waals surface area contributed by atoms with E-state index in [0.717, 1.165) is 9.99 Å². The average molecular weight is 423 g/mol. The molecule has 2 aromatic heterocycles. The van der Waals surface area contributed by atoms with Crippen LogP contribution in [0.5, 0.6) is 11.5 Å². The molecule has 0 saturated carbocycles. The van der Waals surface area contributed by atoms with Gasteiger partial charge in [0.15, 0.2) is 10.8 Å². The second kappa shape index (κ2) is 7.75. The molecule has 0 fully saturated rings. The van der Waals surface area contributed by atoms with Gasteiger partial charge in [-0.15, -0.1) is 0 Å². The Bertz CT molecular complexity index is 893. The second-order valence-corrected chi connectivity index (χ2v) is 6.88. The summed E-state index contributed by atoms with van der Waals surface area (Å²) in [6.45, 7) is 0. The monoisotopic (exact) mass is 422 g/mol. The molecule has 0 saturated heterocycles. The molecule has 0 aliphatic carbocycles. The number of anilines is 1. The van der Waals surface area contributed by atoms with E-state index < -0.39 is 0 Å². The van der Waals surface area contributed by atoms with Crippen molar-refractivity contribution < 1.29 is 14.3 Å². The maximum absolute atomic E-state index is 12.2. The molecule has 7 nitrogen and oxygen atoms in total. The highest BCUT2D eigenvalue weighted by Crippen LogP contribution is 2.26. The van der Waals surface area contributed by atoms with Crippen LogP contribution in [0.25, 0.3) is 11.2 Å². The van der Waals surface area contributed by atoms with E-state index in [1.54, 1.807) is 38.6 Å². The number of ether oxygens (including phenoxy) is 2. The van der Waals surface area contributed by atoms with Crippen molar-refractivity contribution in [1.82, 2.24) is 15.0 Å². The maximum Gasteiger partial charge on any atom is 0.234 e. The van der Waals surface area contributed by atoms with Gasteiger partial charge in [-0.3, -0.25) is 4.79 Å². The lowest BCUT2D eigenvalue weighted by molar-refractivity contribution is -0.113. The maximum atomic E-state index is 12.2. The summed E-state index contributed by atoms with van der Waals surface area (Å²) in [5.41, 5.74) is 2.04. The number of carbonyl (C=O) groups excluding carboxylic acids is 1. The Labute approximate surface area is 156 Å². The molecule has 0 spiro atoms. The number of hydrogen-bond acceptors (Lipinski definition) is 6. The molecular formula is C16H15BrN4O3S. The van der Waals surface area contributed by atoms with Crippen LogP contribution in [0, 0.1) is 0 Å². The van der Waals surface area contributed by atoms with Gasteiger partial charge in [0.2, 0.25) is 5.91 Å². The number of benzene rings is 1. The number of amides is 1. The Kier molecular flexibility index (Phi) is 5.44. The van der Waals surface area contributed by atoms with Crippen LogP contribution in [-0.4, -0.2) is 40.8 Å². The van der Waals surface area contributed by atoms with Gasteiger partial charge in [-0.25, -0.2) is 9.97 Å². The molecule has 1 aromatic carbocycles. The van der Waals surface area contributed by atoms with Crippen molar-refractivity contribution in [2.75, 3.05) is 25.3 Å². The molecule has 130 valence electrons. The van der Waals surface area contributed by atoms with Gasteiger partial charge < -0.3 is 19.8 Å². The molecule has 2 heterocycles. The SMILES string of the molecule is COc1cc(NC(=O)CSc2nc3ncc(Br)cc3[nH]2)cc(OC)c1. The number of nitrogens with one attached hydrogen (secondary N) is 2. The van der Waals surface area contributed by atoms with Gasteiger partial charge in [-0.1, -0.05) is 11.8 Å². The number of pyridine rings is 1. The Morgan fingerprint density at radius 1 is 1.24 bits per heavy atom. The van der Waals surface area contributed by atoms with Crippen molar-refractivity contribution in [3.8, 4) is 11.5 Å². The molecule has 0 unspecified atom stereocenters. The third-order valence-corrected chi connectivity index (χ3v) is 4.56. The highest BCUT2D eigenvalue weighted by molar-refractivity contribution is 9.10. The first kappa shape index (κ1) is 17.6. The van der Waals surface area contributed by atoms with E-state index in [4.69, 9.17) is 9.47 Å². The molecular weight excluding hydrogens is 408 g/mol. The third kappa shape index (κ3) is 4.43. The lowest BCUT2D eigenvalue weighted by Crippen LogP contribution is -2.14. The zero-order chi connectivity index (χ0) is 17.8. The van der Waals surface area contributed by atoms with Crippen LogP contribution < -0.4 is 14.8 Å². The molecule has 0 bridgehead atoms. The molecule has 0 aliphatic heterocycles. The van der Waals surface area contributed by atoms with E-state index in [-0.39, 0.29) is 11.7 Å². The molecule has 1 amide bonds. The second-order valence-electron chi connectivity index (χ2n) is 5.00. The highest BCUT2D eigenvalue weighted by Gasteiger charge is 2.10. The van der Waals surface area contributed by atoms with Gasteiger partial charge in [-0.05, 0) is 22.0 Å². The molecule has 25 heavy (non-hydrogen) atoms. The number of carbonyl (C=O) groups is 1. The number of H-pyrrole nitrogens is 1. The van der Waals surface area contributed by atoms with Gasteiger partial charge >= 0.3 is 0 Å². The highest BCUT2D eigenvalue weighted by atomic mass is 79.9. The number of methoxy groups -OCH3 is 2. The summed E-state index contributed by atoms with van der Waals surface area (Å²) >= 11 is 4.67. The van der Waals surface area contributed by atoms with E-state index >= 15 is 0 Å². The number of halogens is 1. The lowest BCUT2D eigenvalue weighted by Gasteiger charge is -2.09. The van der Waals surface area contributed by atoms with E-state index in [9.17, 15) is 4.79 Å². The van der Waals surface area contributed by atoms with Crippen molar-refractivity contribution in [3.05, 3.63) is 34.9 Å². The van der Waals surface area contributed by atoms with Crippen molar-refractivity contribution in [2.24, 2.45) is 0 Å². The van der Waals surface area contributed by atoms with Crippen LogP contribution in [0.2, 0.25) is 0 Å². The van der Waals surface area contributed by atoms with Crippen molar-refractivity contribution in [3.63, 3.8) is 0 Å². The van der Waals surface area contributed by atoms with E-state index in [1.807, 2.05) is 6.07 Å². The number of nitrogens with zero attached hydrogens (tertiary/aromatic N) is 2. The van der Waals surface area contributed by atoms with Crippen molar-refractivity contribution in [1.29, 1.82) is 0 Å². The fourth-order valence-electron chi connectivity index (χ4n) is 2.13. The van der Waals surface area contributed by atoms with E-state index in [1.165, 1.54) is 11.8 Å². The number of imidazole rings is 1. The topological polar surface area (TPSA) is 89.1 Å². The minimum Gasteiger partial charge on any atom is -0.497 e. The summed E-state index contributed by atoms with van der Waals surface area (Å²) < 4.78 is 11.2. The van der Waals surface area contributed by atoms with Crippen molar-refractivity contribution >= 4 is 50.5 Å². The molecule has 0 radical (unpaired) electrons. The van der Waals surface area contributed by atoms with Gasteiger partial charge in [0.1, 0.15) is 11.5 Å². The lowest BCUT2D eigenvalue weighted by atomic mass is 10.2. The standard InChI is InChI=1S/C16H15BrN4O3S/c1-23-11-4-10(5-12(6-11)24-2)19-14(22)8-25-16-20-13-3-9(17)7-18-15(13)21-16/h3-7H,8H2,1-2H3,(H,19,22)(H,18,20,21). The number of aromatic amines is 1. The first-order chi connectivity index (χ1) is 12.1. The zero-order valence-electron chi connectivity index (χ0n) is 13.5. The Morgan fingerprint density at radius 2 is 1.96 bits per heavy atom. The quantitative estimate of drug-likeness (QED) is 0.591. The largest absolute Gasteiger partial charge is 0.497 e. The van der Waals surface area contributed by atoms with E-state index in [2.05, 4.69) is 36.2 Å². The van der Waals surface area contributed by atoms with Crippen LogP contribution in [0.3, 0.4) is 0 Å². The predicted molar refractivity (Wildman–Crippen MR) is 100 cm³/mol. The van der Waals surface area contributed by atoms with Gasteiger partial charge in [0.05, 0.1) is 25.5 Å². The Hall–Kier alpha value is -2.26. The van der Waals surface area contributed by atoms with Crippen LogP contribution in [0.15, 0.2) is 40.1 Å². The van der Waals surface area contributed by atoms with Crippen LogP contribution in [0.1, 0.15) is 0 Å². The first-order valence-electron chi connectivity index (χ1n) is 7.24. The van der Waals surface area contributed by atoms with Crippen molar-refractivity contribution in [2.45, 2.75) is 5.16 Å². The van der Waals surface area contributed by atoms with Gasteiger partial charge in [0, 0.05) is 34.6 Å². The summed E-state index contributed by atoms with van der Waals surface area (Å²) in [5, 5.41) is 3.46. The first-order valence-corrected chi connectivity index (χ1v) is 9.02. The summed E-state index contributed by atoms with van der Waals surface area (Å²) in [4.78, 5) is 23.9. The minimum atomic E-state index is -0.157. The van der Waals surface area contributed by atoms with Gasteiger partial charge in [0.25, 0.3) is 0 Å². The Balaban J connectivity index is 1.64. The Morgan fingerprint density at radius 3 is 2.64 bits per heavy atom. The number of hydrogen-bond donors (Lipinski definition) is 2. The third-order valence-electron chi connectivity index (χ3n) is 3.26. The number of rotatable bonds is 6. The summed E-state index contributed by atoms with van der Waals surface area (Å²) in [6, 6.07) is 7.09. The van der Waals surface area contributed by atoms with Crippen LogP contribution in [0.4, 0.5) is 5.69 Å². The molecule has 0 atom stereocenters. The molecule has 3 aromatic rings. The minimum absolute atomic E-state index is 0.157. The number of fused-ring (bicyclic) bond motifs is 1. The molecule has 0 aliphatic rings. The van der Waals surface area contributed by atoms with Crippen LogP contribution >= 0.6 is 27.7 Å². The average Bonchev–Trinajstić information content (AvgIpc) is 3.01. The summed E-state index contributed by atoms with van der Waals surface area (Å²) in [7, 11) is 3.12. The zero-order valence-corrected chi connectivity index (χ0v) is 15.9.